The van der Waals surface area contributed by atoms with Crippen molar-refractivity contribution >= 4 is 5.69 Å². The van der Waals surface area contributed by atoms with E-state index in [1.54, 1.807) is 0 Å². The summed E-state index contributed by atoms with van der Waals surface area (Å²) >= 11 is 0. The highest BCUT2D eigenvalue weighted by Crippen LogP contribution is 2.35. The summed E-state index contributed by atoms with van der Waals surface area (Å²) in [7, 11) is 0. The Hall–Kier alpha value is -1.18. The lowest BCUT2D eigenvalue weighted by molar-refractivity contribution is 0.246. The van der Waals surface area contributed by atoms with Crippen LogP contribution in [0.4, 0.5) is 5.69 Å². The zero-order valence-electron chi connectivity index (χ0n) is 9.83. The molecule has 0 saturated heterocycles. The third-order valence-electron chi connectivity index (χ3n) is 3.86. The summed E-state index contributed by atoms with van der Waals surface area (Å²) in [6.45, 7) is 2.96. The number of hydrogen-bond donors (Lipinski definition) is 1. The minimum atomic E-state index is 0.525. The van der Waals surface area contributed by atoms with Gasteiger partial charge in [0.15, 0.2) is 0 Å². The molecule has 3 rings (SSSR count). The Balaban J connectivity index is 1.79. The third-order valence-corrected chi connectivity index (χ3v) is 3.86. The minimum absolute atomic E-state index is 0.525. The molecule has 2 nitrogen and oxygen atoms in total. The van der Waals surface area contributed by atoms with Crippen LogP contribution in [-0.4, -0.2) is 12.6 Å². The van der Waals surface area contributed by atoms with Crippen LogP contribution in [0.2, 0.25) is 0 Å². The highest BCUT2D eigenvalue weighted by molar-refractivity contribution is 5.60. The average Bonchev–Trinajstić information content (AvgIpc) is 2.81. The van der Waals surface area contributed by atoms with Crippen molar-refractivity contribution in [1.82, 2.24) is 0 Å². The Labute approximate surface area is 97.0 Å². The Morgan fingerprint density at radius 3 is 2.88 bits per heavy atom. The van der Waals surface area contributed by atoms with E-state index in [1.165, 1.54) is 36.9 Å². The fraction of sp³-hybridized carbons (Fsp3) is 0.571. The van der Waals surface area contributed by atoms with Crippen molar-refractivity contribution in [2.45, 2.75) is 38.6 Å². The predicted octanol–water partition coefficient (Wildman–Crippen LogP) is 3.36. The summed E-state index contributed by atoms with van der Waals surface area (Å²) in [6, 6.07) is 6.90. The van der Waals surface area contributed by atoms with E-state index in [-0.39, 0.29) is 0 Å². The number of hydrogen-bond acceptors (Lipinski definition) is 2. The molecule has 1 aliphatic heterocycles. The van der Waals surface area contributed by atoms with Gasteiger partial charge in [0.05, 0.1) is 11.7 Å². The highest BCUT2D eigenvalue weighted by atomic mass is 16.5. The molecule has 0 aromatic heterocycles. The molecule has 1 N–H and O–H groups in total. The van der Waals surface area contributed by atoms with E-state index in [4.69, 9.17) is 4.74 Å². The first-order valence-corrected chi connectivity index (χ1v) is 6.33. The second-order valence-corrected chi connectivity index (χ2v) is 5.11. The van der Waals surface area contributed by atoms with Crippen LogP contribution in [0.15, 0.2) is 18.2 Å². The van der Waals surface area contributed by atoms with Gasteiger partial charge >= 0.3 is 0 Å². The number of nitrogens with one attached hydrogen (secondary N) is 1. The van der Waals surface area contributed by atoms with Crippen molar-refractivity contribution in [3.8, 4) is 5.75 Å². The number of anilines is 1. The van der Waals surface area contributed by atoms with Gasteiger partial charge in [-0.2, -0.15) is 0 Å². The van der Waals surface area contributed by atoms with Crippen LogP contribution >= 0.6 is 0 Å². The maximum Gasteiger partial charge on any atom is 0.142 e. The van der Waals surface area contributed by atoms with E-state index < -0.39 is 0 Å². The van der Waals surface area contributed by atoms with E-state index in [9.17, 15) is 0 Å². The molecule has 1 heterocycles. The monoisotopic (exact) mass is 217 g/mol. The van der Waals surface area contributed by atoms with Crippen LogP contribution in [0, 0.1) is 12.8 Å². The number of ether oxygens (including phenoxy) is 1. The Kier molecular flexibility index (Phi) is 2.50. The van der Waals surface area contributed by atoms with E-state index in [0.717, 1.165) is 18.3 Å². The minimum Gasteiger partial charge on any atom is -0.489 e. The van der Waals surface area contributed by atoms with Gasteiger partial charge < -0.3 is 10.1 Å². The van der Waals surface area contributed by atoms with E-state index in [0.29, 0.717) is 6.04 Å². The lowest BCUT2D eigenvalue weighted by Crippen LogP contribution is -2.36. The highest BCUT2D eigenvalue weighted by Gasteiger charge is 2.28. The zero-order chi connectivity index (χ0) is 11.0. The summed E-state index contributed by atoms with van der Waals surface area (Å²) in [5, 5.41) is 3.65. The Morgan fingerprint density at radius 2 is 2.06 bits per heavy atom. The maximum absolute atomic E-state index is 5.84. The molecule has 1 saturated carbocycles. The van der Waals surface area contributed by atoms with Crippen molar-refractivity contribution in [3.63, 3.8) is 0 Å². The van der Waals surface area contributed by atoms with Gasteiger partial charge in [-0.05, 0) is 43.4 Å². The fourth-order valence-electron chi connectivity index (χ4n) is 2.92. The van der Waals surface area contributed by atoms with Gasteiger partial charge in [0.25, 0.3) is 0 Å². The molecule has 0 amide bonds. The molecular formula is C14H19NO. The number of rotatable bonds is 1. The lowest BCUT2D eigenvalue weighted by Gasteiger charge is -2.31. The van der Waals surface area contributed by atoms with Crippen molar-refractivity contribution < 1.29 is 4.74 Å². The van der Waals surface area contributed by atoms with Crippen LogP contribution in [0.25, 0.3) is 0 Å². The molecule has 0 spiro atoms. The quantitative estimate of drug-likeness (QED) is 0.778. The molecule has 1 fully saturated rings. The normalized spacial score (nSPS) is 24.7. The van der Waals surface area contributed by atoms with E-state index in [2.05, 4.69) is 30.4 Å². The number of aryl methyl sites for hydroxylation is 1. The van der Waals surface area contributed by atoms with Crippen molar-refractivity contribution in [2.24, 2.45) is 5.92 Å². The van der Waals surface area contributed by atoms with Crippen LogP contribution < -0.4 is 10.1 Å². The standard InChI is InChI=1S/C14H19NO/c1-10-6-7-14-12(8-10)15-13(9-16-14)11-4-2-3-5-11/h6-8,11,13,15H,2-5,9H2,1H3. The second-order valence-electron chi connectivity index (χ2n) is 5.11. The SMILES string of the molecule is Cc1ccc2c(c1)NC(C1CCCC1)CO2. The fourth-order valence-corrected chi connectivity index (χ4v) is 2.92. The second kappa shape index (κ2) is 4.00. The van der Waals surface area contributed by atoms with Gasteiger partial charge in [0.2, 0.25) is 0 Å². The Bertz CT molecular complexity index is 382. The molecule has 2 heteroatoms. The van der Waals surface area contributed by atoms with Gasteiger partial charge in [-0.1, -0.05) is 18.9 Å². The number of benzene rings is 1. The molecule has 86 valence electrons. The first-order valence-electron chi connectivity index (χ1n) is 6.33. The van der Waals surface area contributed by atoms with Crippen molar-refractivity contribution in [1.29, 1.82) is 0 Å². The molecule has 1 unspecified atom stereocenters. The molecule has 0 bridgehead atoms. The molecule has 1 aliphatic carbocycles. The molecule has 1 aromatic carbocycles. The van der Waals surface area contributed by atoms with Crippen molar-refractivity contribution in [2.75, 3.05) is 11.9 Å². The van der Waals surface area contributed by atoms with Crippen LogP contribution in [0.5, 0.6) is 5.75 Å². The van der Waals surface area contributed by atoms with Gasteiger partial charge in [-0.15, -0.1) is 0 Å². The lowest BCUT2D eigenvalue weighted by atomic mass is 9.97. The largest absolute Gasteiger partial charge is 0.489 e. The summed E-state index contributed by atoms with van der Waals surface area (Å²) < 4.78 is 5.84. The third kappa shape index (κ3) is 1.77. The summed E-state index contributed by atoms with van der Waals surface area (Å²) in [5.41, 5.74) is 2.48. The summed E-state index contributed by atoms with van der Waals surface area (Å²) in [6.07, 6.45) is 5.51. The predicted molar refractivity (Wildman–Crippen MR) is 66.0 cm³/mol. The molecular weight excluding hydrogens is 198 g/mol. The average molecular weight is 217 g/mol. The van der Waals surface area contributed by atoms with Gasteiger partial charge in [0.1, 0.15) is 12.4 Å². The smallest absolute Gasteiger partial charge is 0.142 e. The van der Waals surface area contributed by atoms with Crippen LogP contribution in [-0.2, 0) is 0 Å². The summed E-state index contributed by atoms with van der Waals surface area (Å²) in [4.78, 5) is 0. The van der Waals surface area contributed by atoms with E-state index >= 15 is 0 Å². The van der Waals surface area contributed by atoms with Crippen molar-refractivity contribution in [3.05, 3.63) is 23.8 Å². The topological polar surface area (TPSA) is 21.3 Å². The molecule has 16 heavy (non-hydrogen) atoms. The van der Waals surface area contributed by atoms with Crippen LogP contribution in [0.1, 0.15) is 31.2 Å². The summed E-state index contributed by atoms with van der Waals surface area (Å²) in [5.74, 6) is 1.83. The molecule has 1 atom stereocenters. The van der Waals surface area contributed by atoms with Crippen LogP contribution in [0.3, 0.4) is 0 Å². The van der Waals surface area contributed by atoms with Gasteiger partial charge in [-0.25, -0.2) is 0 Å². The molecule has 0 radical (unpaired) electrons. The van der Waals surface area contributed by atoms with E-state index in [1.807, 2.05) is 0 Å². The molecule has 2 aliphatic rings. The first-order chi connectivity index (χ1) is 7.83. The Morgan fingerprint density at radius 1 is 1.25 bits per heavy atom. The van der Waals surface area contributed by atoms with Gasteiger partial charge in [0, 0.05) is 0 Å². The first kappa shape index (κ1) is 10.0. The molecule has 1 aromatic rings. The zero-order valence-corrected chi connectivity index (χ0v) is 9.83. The number of fused-ring (bicyclic) bond motifs is 1. The van der Waals surface area contributed by atoms with Gasteiger partial charge in [-0.3, -0.25) is 0 Å². The maximum atomic E-state index is 5.84.